The molecule has 1 atom stereocenters. The summed E-state index contributed by atoms with van der Waals surface area (Å²) in [5, 5.41) is 3.72. The molecule has 2 N–H and O–H groups in total. The van der Waals surface area contributed by atoms with Gasteiger partial charge in [0.2, 0.25) is 6.10 Å². The molecular formula is C11H11N3O3. The molecule has 0 amide bonds. The third-order valence-corrected chi connectivity index (χ3v) is 2.45. The number of aromatic nitrogens is 2. The zero-order valence-corrected chi connectivity index (χ0v) is 9.00. The summed E-state index contributed by atoms with van der Waals surface area (Å²) in [6, 6.07) is 7.46. The van der Waals surface area contributed by atoms with Crippen molar-refractivity contribution in [3.05, 3.63) is 36.0 Å². The summed E-state index contributed by atoms with van der Waals surface area (Å²) in [6.45, 7) is 0.594. The van der Waals surface area contributed by atoms with Gasteiger partial charge in [-0.3, -0.25) is 0 Å². The topological polar surface area (TPSA) is 83.4 Å². The van der Waals surface area contributed by atoms with Crippen LogP contribution in [0.4, 0.5) is 0 Å². The molecule has 3 rings (SSSR count). The fraction of sp³-hybridized carbons (Fsp3) is 0.273. The van der Waals surface area contributed by atoms with Gasteiger partial charge < -0.3 is 19.7 Å². The molecule has 6 nitrogen and oxygen atoms in total. The standard InChI is InChI=1S/C11H11N3O3/c12-5-10-13-11(17-14-10)9-6-15-7-3-1-2-4-8(7)16-9/h1-4,9H,5-6,12H2/t9-/m0/s1. The third kappa shape index (κ3) is 1.83. The largest absolute Gasteiger partial charge is 0.485 e. The predicted octanol–water partition coefficient (Wildman–Crippen LogP) is 1.04. The van der Waals surface area contributed by atoms with E-state index in [1.807, 2.05) is 24.3 Å². The molecule has 88 valence electrons. The molecule has 0 saturated carbocycles. The van der Waals surface area contributed by atoms with Crippen LogP contribution >= 0.6 is 0 Å². The average molecular weight is 233 g/mol. The molecule has 17 heavy (non-hydrogen) atoms. The van der Waals surface area contributed by atoms with Crippen LogP contribution in [0.5, 0.6) is 11.5 Å². The molecule has 0 bridgehead atoms. The lowest BCUT2D eigenvalue weighted by Crippen LogP contribution is -2.21. The molecule has 1 aliphatic heterocycles. The fourth-order valence-corrected chi connectivity index (χ4v) is 1.62. The lowest BCUT2D eigenvalue weighted by Gasteiger charge is -2.23. The van der Waals surface area contributed by atoms with Crippen molar-refractivity contribution in [2.45, 2.75) is 12.6 Å². The summed E-state index contributed by atoms with van der Waals surface area (Å²) in [4.78, 5) is 4.12. The van der Waals surface area contributed by atoms with Crippen LogP contribution in [0.1, 0.15) is 17.8 Å². The number of rotatable bonds is 2. The summed E-state index contributed by atoms with van der Waals surface area (Å²) in [7, 11) is 0. The molecule has 1 aromatic carbocycles. The van der Waals surface area contributed by atoms with Crippen molar-refractivity contribution in [3.63, 3.8) is 0 Å². The monoisotopic (exact) mass is 233 g/mol. The van der Waals surface area contributed by atoms with E-state index in [1.54, 1.807) is 0 Å². The summed E-state index contributed by atoms with van der Waals surface area (Å²) >= 11 is 0. The Labute approximate surface area is 97.3 Å². The van der Waals surface area contributed by atoms with E-state index in [1.165, 1.54) is 0 Å². The maximum absolute atomic E-state index is 5.71. The van der Waals surface area contributed by atoms with E-state index in [4.69, 9.17) is 19.7 Å². The van der Waals surface area contributed by atoms with Crippen molar-refractivity contribution in [3.8, 4) is 11.5 Å². The zero-order valence-electron chi connectivity index (χ0n) is 9.00. The van der Waals surface area contributed by atoms with E-state index < -0.39 is 0 Å². The van der Waals surface area contributed by atoms with E-state index in [0.717, 1.165) is 5.75 Å². The highest BCUT2D eigenvalue weighted by Gasteiger charge is 2.27. The summed E-state index contributed by atoms with van der Waals surface area (Å²) < 4.78 is 16.3. The van der Waals surface area contributed by atoms with Gasteiger partial charge in [-0.15, -0.1) is 0 Å². The van der Waals surface area contributed by atoms with E-state index in [-0.39, 0.29) is 12.6 Å². The smallest absolute Gasteiger partial charge is 0.271 e. The first-order valence-corrected chi connectivity index (χ1v) is 5.28. The Bertz CT molecular complexity index is 526. The van der Waals surface area contributed by atoms with E-state index in [0.29, 0.717) is 24.1 Å². The number of ether oxygens (including phenoxy) is 2. The quantitative estimate of drug-likeness (QED) is 0.834. The van der Waals surface area contributed by atoms with Crippen molar-refractivity contribution < 1.29 is 14.0 Å². The van der Waals surface area contributed by atoms with Gasteiger partial charge in [0.1, 0.15) is 6.61 Å². The first-order valence-electron chi connectivity index (χ1n) is 5.28. The second-order valence-electron chi connectivity index (χ2n) is 3.62. The Morgan fingerprint density at radius 2 is 2.12 bits per heavy atom. The minimum atomic E-state index is -0.377. The lowest BCUT2D eigenvalue weighted by molar-refractivity contribution is 0.0665. The first kappa shape index (κ1) is 10.1. The van der Waals surface area contributed by atoms with Crippen LogP contribution in [-0.4, -0.2) is 16.7 Å². The van der Waals surface area contributed by atoms with Gasteiger partial charge in [-0.05, 0) is 12.1 Å². The molecule has 0 aliphatic carbocycles. The normalized spacial score (nSPS) is 18.1. The maximum atomic E-state index is 5.71. The van der Waals surface area contributed by atoms with E-state index in [2.05, 4.69) is 10.1 Å². The van der Waals surface area contributed by atoms with Gasteiger partial charge in [0.05, 0.1) is 6.54 Å². The molecule has 0 unspecified atom stereocenters. The van der Waals surface area contributed by atoms with Crippen LogP contribution in [0.15, 0.2) is 28.8 Å². The molecule has 6 heteroatoms. The third-order valence-electron chi connectivity index (χ3n) is 2.45. The Morgan fingerprint density at radius 3 is 2.88 bits per heavy atom. The van der Waals surface area contributed by atoms with Crippen molar-refractivity contribution in [2.75, 3.05) is 6.61 Å². The van der Waals surface area contributed by atoms with Crippen LogP contribution in [0.25, 0.3) is 0 Å². The number of benzene rings is 1. The SMILES string of the molecule is NCc1noc([C@@H]2COc3ccccc3O2)n1. The molecule has 0 radical (unpaired) electrons. The number of hydrogen-bond donors (Lipinski definition) is 1. The Morgan fingerprint density at radius 1 is 1.29 bits per heavy atom. The number of hydrogen-bond acceptors (Lipinski definition) is 6. The van der Waals surface area contributed by atoms with Crippen LogP contribution in [-0.2, 0) is 6.54 Å². The highest BCUT2D eigenvalue weighted by Crippen LogP contribution is 2.35. The van der Waals surface area contributed by atoms with Crippen LogP contribution in [0.3, 0.4) is 0 Å². The van der Waals surface area contributed by atoms with Gasteiger partial charge in [0, 0.05) is 0 Å². The van der Waals surface area contributed by atoms with E-state index >= 15 is 0 Å². The zero-order chi connectivity index (χ0) is 11.7. The molecule has 0 fully saturated rings. The number of fused-ring (bicyclic) bond motifs is 1. The van der Waals surface area contributed by atoms with Crippen molar-refractivity contribution in [1.29, 1.82) is 0 Å². The molecular weight excluding hydrogens is 222 g/mol. The van der Waals surface area contributed by atoms with Crippen LogP contribution in [0.2, 0.25) is 0 Å². The molecule has 2 heterocycles. The lowest BCUT2D eigenvalue weighted by atomic mass is 10.2. The molecule has 1 aliphatic rings. The second-order valence-corrected chi connectivity index (χ2v) is 3.62. The highest BCUT2D eigenvalue weighted by molar-refractivity contribution is 5.40. The number of nitrogens with two attached hydrogens (primary N) is 1. The van der Waals surface area contributed by atoms with Crippen molar-refractivity contribution in [2.24, 2.45) is 5.73 Å². The summed E-state index contributed by atoms with van der Waals surface area (Å²) in [6.07, 6.45) is -0.377. The van der Waals surface area contributed by atoms with Crippen molar-refractivity contribution >= 4 is 0 Å². The Kier molecular flexibility index (Phi) is 2.41. The first-order chi connectivity index (χ1) is 8.36. The molecule has 0 spiro atoms. The van der Waals surface area contributed by atoms with Gasteiger partial charge in [-0.25, -0.2) is 0 Å². The van der Waals surface area contributed by atoms with Gasteiger partial charge in [0.15, 0.2) is 17.3 Å². The number of para-hydroxylation sites is 2. The van der Waals surface area contributed by atoms with Gasteiger partial charge in [-0.2, -0.15) is 4.98 Å². The minimum absolute atomic E-state index is 0.244. The van der Waals surface area contributed by atoms with Gasteiger partial charge in [0.25, 0.3) is 5.89 Å². The predicted molar refractivity (Wildman–Crippen MR) is 57.5 cm³/mol. The van der Waals surface area contributed by atoms with Crippen LogP contribution < -0.4 is 15.2 Å². The van der Waals surface area contributed by atoms with Crippen molar-refractivity contribution in [1.82, 2.24) is 10.1 Å². The summed E-state index contributed by atoms with van der Waals surface area (Å²) in [5.41, 5.74) is 5.41. The van der Waals surface area contributed by atoms with Gasteiger partial charge >= 0.3 is 0 Å². The number of nitrogens with zero attached hydrogens (tertiary/aromatic N) is 2. The molecule has 1 aromatic heterocycles. The Balaban J connectivity index is 1.84. The Hall–Kier alpha value is -2.08. The van der Waals surface area contributed by atoms with Gasteiger partial charge in [-0.1, -0.05) is 17.3 Å². The molecule has 0 saturated heterocycles. The second kappa shape index (κ2) is 4.06. The minimum Gasteiger partial charge on any atom is -0.485 e. The average Bonchev–Trinajstić information content (AvgIpc) is 2.87. The summed E-state index contributed by atoms with van der Waals surface area (Å²) in [5.74, 6) is 2.25. The molecule has 2 aromatic rings. The fourth-order valence-electron chi connectivity index (χ4n) is 1.62. The highest BCUT2D eigenvalue weighted by atomic mass is 16.6. The van der Waals surface area contributed by atoms with Crippen LogP contribution in [0, 0.1) is 0 Å². The maximum Gasteiger partial charge on any atom is 0.271 e. The van der Waals surface area contributed by atoms with E-state index in [9.17, 15) is 0 Å².